The third-order valence-corrected chi connectivity index (χ3v) is 5.55. The Kier molecular flexibility index (Phi) is 7.01. The predicted molar refractivity (Wildman–Crippen MR) is 121 cm³/mol. The molecule has 0 aliphatic heterocycles. The van der Waals surface area contributed by atoms with E-state index < -0.39 is 23.5 Å². The Balaban J connectivity index is 1.76. The first kappa shape index (κ1) is 23.5. The van der Waals surface area contributed by atoms with Crippen molar-refractivity contribution in [2.75, 3.05) is 0 Å². The van der Waals surface area contributed by atoms with Crippen molar-refractivity contribution in [3.8, 4) is 11.1 Å². The fourth-order valence-corrected chi connectivity index (χ4v) is 3.65. The molecule has 0 spiro atoms. The van der Waals surface area contributed by atoms with E-state index in [0.29, 0.717) is 10.7 Å². The van der Waals surface area contributed by atoms with E-state index in [1.165, 1.54) is 0 Å². The summed E-state index contributed by atoms with van der Waals surface area (Å²) in [6, 6.07) is 14.7. The smallest absolute Gasteiger partial charge is 0.340 e. The molecule has 2 atom stereocenters. The summed E-state index contributed by atoms with van der Waals surface area (Å²) in [5, 5.41) is 27.8. The molecule has 32 heavy (non-hydrogen) atoms. The van der Waals surface area contributed by atoms with Gasteiger partial charge in [-0.05, 0) is 30.0 Å². The second-order valence-electron chi connectivity index (χ2n) is 8.07. The van der Waals surface area contributed by atoms with Crippen molar-refractivity contribution in [2.45, 2.75) is 44.8 Å². The van der Waals surface area contributed by atoms with Crippen LogP contribution in [0.5, 0.6) is 0 Å². The monoisotopic (exact) mass is 456 g/mol. The highest BCUT2D eigenvalue weighted by Crippen LogP contribution is 2.32. The Hall–Kier alpha value is -3.16. The van der Waals surface area contributed by atoms with E-state index in [1.54, 1.807) is 43.3 Å². The minimum atomic E-state index is -2.20. The first-order valence-corrected chi connectivity index (χ1v) is 10.6. The van der Waals surface area contributed by atoms with Crippen LogP contribution in [-0.2, 0) is 10.4 Å². The van der Waals surface area contributed by atoms with E-state index in [4.69, 9.17) is 16.1 Å². The number of carbonyl (C=O) groups is 2. The number of rotatable bonds is 8. The fraction of sp³-hybridized carbons (Fsp3) is 0.292. The quantitative estimate of drug-likeness (QED) is 0.456. The Labute approximate surface area is 191 Å². The third-order valence-electron chi connectivity index (χ3n) is 5.22. The number of carbonyl (C=O) groups excluding carboxylic acids is 1. The average Bonchev–Trinajstić information content (AvgIpc) is 3.25. The lowest BCUT2D eigenvalue weighted by molar-refractivity contribution is -0.161. The van der Waals surface area contributed by atoms with Crippen molar-refractivity contribution in [1.82, 2.24) is 10.5 Å². The molecular formula is C24H25ClN2O5. The van der Waals surface area contributed by atoms with Crippen LogP contribution in [0.1, 0.15) is 54.9 Å². The summed E-state index contributed by atoms with van der Waals surface area (Å²) in [6.45, 7) is 5.46. The summed E-state index contributed by atoms with van der Waals surface area (Å²) >= 11 is 6.23. The molecule has 1 aromatic heterocycles. The molecule has 1 amide bonds. The van der Waals surface area contributed by atoms with E-state index in [-0.39, 0.29) is 23.7 Å². The molecule has 3 rings (SSSR count). The summed E-state index contributed by atoms with van der Waals surface area (Å²) in [4.78, 5) is 24.4. The summed E-state index contributed by atoms with van der Waals surface area (Å²) in [5.41, 5.74) is 0.232. The second-order valence-corrected chi connectivity index (χ2v) is 8.48. The number of halogens is 1. The number of nitrogens with zero attached hydrogens (tertiary/aromatic N) is 1. The largest absolute Gasteiger partial charge is 0.479 e. The molecule has 0 aliphatic rings. The van der Waals surface area contributed by atoms with Crippen LogP contribution < -0.4 is 5.32 Å². The van der Waals surface area contributed by atoms with Crippen LogP contribution in [0.4, 0.5) is 0 Å². The Morgan fingerprint density at radius 3 is 2.34 bits per heavy atom. The maximum atomic E-state index is 12.4. The first-order valence-electron chi connectivity index (χ1n) is 10.2. The molecule has 0 saturated carbocycles. The highest BCUT2D eigenvalue weighted by Gasteiger charge is 2.40. The SMILES string of the molecule is CC(CC(O)(C(=O)O)c1ccc(-c2ccccc2Cl)cc1)NC(=O)c1cc(C(C)C)no1. The Morgan fingerprint density at radius 1 is 1.12 bits per heavy atom. The maximum Gasteiger partial charge on any atom is 0.340 e. The molecule has 168 valence electrons. The fourth-order valence-electron chi connectivity index (χ4n) is 3.41. The van der Waals surface area contributed by atoms with Gasteiger partial charge in [0.05, 0.1) is 5.69 Å². The number of carboxylic acid groups (broad SMARTS) is 1. The molecule has 1 heterocycles. The minimum absolute atomic E-state index is 0.0310. The summed E-state index contributed by atoms with van der Waals surface area (Å²) in [7, 11) is 0. The molecule has 0 aliphatic carbocycles. The number of hydrogen-bond donors (Lipinski definition) is 3. The lowest BCUT2D eigenvalue weighted by atomic mass is 9.86. The molecule has 2 aromatic carbocycles. The van der Waals surface area contributed by atoms with E-state index in [0.717, 1.165) is 11.1 Å². The van der Waals surface area contributed by atoms with Crippen molar-refractivity contribution in [3.63, 3.8) is 0 Å². The van der Waals surface area contributed by atoms with Crippen molar-refractivity contribution < 1.29 is 24.3 Å². The molecule has 2 unspecified atom stereocenters. The van der Waals surface area contributed by atoms with E-state index in [9.17, 15) is 19.8 Å². The van der Waals surface area contributed by atoms with Gasteiger partial charge in [-0.25, -0.2) is 4.79 Å². The molecule has 8 heteroatoms. The molecule has 0 saturated heterocycles. The van der Waals surface area contributed by atoms with E-state index >= 15 is 0 Å². The van der Waals surface area contributed by atoms with Crippen molar-refractivity contribution in [1.29, 1.82) is 0 Å². The van der Waals surface area contributed by atoms with Crippen molar-refractivity contribution in [2.24, 2.45) is 0 Å². The average molecular weight is 457 g/mol. The molecule has 3 N–H and O–H groups in total. The van der Waals surface area contributed by atoms with Crippen LogP contribution >= 0.6 is 11.6 Å². The van der Waals surface area contributed by atoms with Gasteiger partial charge in [-0.2, -0.15) is 0 Å². The zero-order chi connectivity index (χ0) is 23.5. The number of amides is 1. The van der Waals surface area contributed by atoms with Gasteiger partial charge in [0.1, 0.15) is 0 Å². The van der Waals surface area contributed by atoms with Crippen LogP contribution in [0.15, 0.2) is 59.1 Å². The van der Waals surface area contributed by atoms with Crippen molar-refractivity contribution >= 4 is 23.5 Å². The van der Waals surface area contributed by atoms with Gasteiger partial charge in [0, 0.05) is 29.1 Å². The predicted octanol–water partition coefficient (Wildman–Crippen LogP) is 4.60. The Morgan fingerprint density at radius 2 is 1.78 bits per heavy atom. The number of nitrogens with one attached hydrogen (secondary N) is 1. The summed E-state index contributed by atoms with van der Waals surface area (Å²) < 4.78 is 5.06. The van der Waals surface area contributed by atoms with Gasteiger partial charge in [-0.3, -0.25) is 4.79 Å². The van der Waals surface area contributed by atoms with Crippen LogP contribution in [0, 0.1) is 0 Å². The van der Waals surface area contributed by atoms with Crippen LogP contribution in [-0.4, -0.2) is 33.3 Å². The van der Waals surface area contributed by atoms with Gasteiger partial charge in [-0.15, -0.1) is 0 Å². The number of aromatic nitrogens is 1. The van der Waals surface area contributed by atoms with E-state index in [1.807, 2.05) is 32.0 Å². The second kappa shape index (κ2) is 9.54. The first-order chi connectivity index (χ1) is 15.1. The zero-order valence-electron chi connectivity index (χ0n) is 18.0. The molecule has 0 radical (unpaired) electrons. The number of benzene rings is 2. The number of aliphatic hydroxyl groups is 1. The van der Waals surface area contributed by atoms with Gasteiger partial charge in [0.2, 0.25) is 5.76 Å². The van der Waals surface area contributed by atoms with Gasteiger partial charge in [0.25, 0.3) is 5.91 Å². The third kappa shape index (κ3) is 5.00. The maximum absolute atomic E-state index is 12.4. The number of carboxylic acids is 1. The summed E-state index contributed by atoms with van der Waals surface area (Å²) in [6.07, 6.45) is -0.245. The molecule has 7 nitrogen and oxygen atoms in total. The lowest BCUT2D eigenvalue weighted by Gasteiger charge is -2.27. The molecular weight excluding hydrogens is 432 g/mol. The Bertz CT molecular complexity index is 1110. The van der Waals surface area contributed by atoms with Crippen LogP contribution in [0.2, 0.25) is 5.02 Å². The normalized spacial score (nSPS) is 14.1. The molecule has 3 aromatic rings. The van der Waals surface area contributed by atoms with Crippen LogP contribution in [0.3, 0.4) is 0 Å². The van der Waals surface area contributed by atoms with Gasteiger partial charge in [0.15, 0.2) is 5.60 Å². The molecule has 0 fully saturated rings. The van der Waals surface area contributed by atoms with Gasteiger partial charge < -0.3 is 20.1 Å². The highest BCUT2D eigenvalue weighted by molar-refractivity contribution is 6.33. The zero-order valence-corrected chi connectivity index (χ0v) is 18.8. The highest BCUT2D eigenvalue weighted by atomic mass is 35.5. The standard InChI is InChI=1S/C24H25ClN2O5/c1-14(2)20-12-21(32-27-20)22(28)26-15(3)13-24(31,23(29)30)17-10-8-16(9-11-17)18-6-4-5-7-19(18)25/h4-12,14-15,31H,13H2,1-3H3,(H,26,28)(H,29,30). The number of hydrogen-bond acceptors (Lipinski definition) is 5. The minimum Gasteiger partial charge on any atom is -0.479 e. The number of aliphatic carboxylic acids is 1. The van der Waals surface area contributed by atoms with E-state index in [2.05, 4.69) is 10.5 Å². The van der Waals surface area contributed by atoms with Gasteiger partial charge in [-0.1, -0.05) is 73.1 Å². The van der Waals surface area contributed by atoms with Crippen LogP contribution in [0.25, 0.3) is 11.1 Å². The topological polar surface area (TPSA) is 113 Å². The molecule has 0 bridgehead atoms. The lowest BCUT2D eigenvalue weighted by Crippen LogP contribution is -2.43. The van der Waals surface area contributed by atoms with Crippen molar-refractivity contribution in [3.05, 3.63) is 76.6 Å². The van der Waals surface area contributed by atoms with Gasteiger partial charge >= 0.3 is 5.97 Å². The summed E-state index contributed by atoms with van der Waals surface area (Å²) in [5.74, 6) is -1.81.